The Bertz CT molecular complexity index is 907. The van der Waals surface area contributed by atoms with Crippen molar-refractivity contribution in [3.8, 4) is 0 Å². The van der Waals surface area contributed by atoms with Gasteiger partial charge in [-0.3, -0.25) is 4.79 Å². The van der Waals surface area contributed by atoms with E-state index < -0.39 is 0 Å². The summed E-state index contributed by atoms with van der Waals surface area (Å²) in [5, 5.41) is 3.07. The van der Waals surface area contributed by atoms with E-state index in [2.05, 4.69) is 41.9 Å². The first-order chi connectivity index (χ1) is 12.6. The minimum absolute atomic E-state index is 0.0238. The van der Waals surface area contributed by atoms with Gasteiger partial charge < -0.3 is 14.6 Å². The van der Waals surface area contributed by atoms with E-state index >= 15 is 0 Å². The topological polar surface area (TPSA) is 43.3 Å². The predicted octanol–water partition coefficient (Wildman–Crippen LogP) is 4.53. The maximum atomic E-state index is 12.9. The number of nitrogens with one attached hydrogen (secondary N) is 1. The van der Waals surface area contributed by atoms with Crippen LogP contribution in [0.2, 0.25) is 0 Å². The Morgan fingerprint density at radius 3 is 2.88 bits per heavy atom. The highest BCUT2D eigenvalue weighted by atomic mass is 32.1. The molecule has 1 fully saturated rings. The largest absolute Gasteiger partial charge is 0.376 e. The van der Waals surface area contributed by atoms with Crippen LogP contribution in [0.15, 0.2) is 42.5 Å². The summed E-state index contributed by atoms with van der Waals surface area (Å²) in [6, 6.07) is 14.6. The van der Waals surface area contributed by atoms with Gasteiger partial charge in [0.25, 0.3) is 5.91 Å². The van der Waals surface area contributed by atoms with Gasteiger partial charge in [0.15, 0.2) is 0 Å². The summed E-state index contributed by atoms with van der Waals surface area (Å²) in [6.07, 6.45) is 2.25. The van der Waals surface area contributed by atoms with E-state index in [0.717, 1.165) is 35.4 Å². The number of fused-ring (bicyclic) bond motifs is 1. The molecule has 0 radical (unpaired) electrons. The molecule has 2 aromatic heterocycles. The fourth-order valence-electron chi connectivity index (χ4n) is 3.71. The van der Waals surface area contributed by atoms with Crippen LogP contribution in [0.25, 0.3) is 10.2 Å². The molecule has 0 spiro atoms. The van der Waals surface area contributed by atoms with Gasteiger partial charge in [-0.15, -0.1) is 11.3 Å². The predicted molar refractivity (Wildman–Crippen MR) is 106 cm³/mol. The van der Waals surface area contributed by atoms with Crippen LogP contribution < -0.4 is 5.32 Å². The van der Waals surface area contributed by atoms with Crippen LogP contribution in [0.3, 0.4) is 0 Å². The normalized spacial score (nSPS) is 18.3. The average Bonchev–Trinajstić information content (AvgIpc) is 3.35. The Morgan fingerprint density at radius 2 is 2.15 bits per heavy atom. The van der Waals surface area contributed by atoms with Crippen LogP contribution in [0.1, 0.15) is 46.7 Å². The van der Waals surface area contributed by atoms with Gasteiger partial charge >= 0.3 is 0 Å². The summed E-state index contributed by atoms with van der Waals surface area (Å²) >= 11 is 1.74. The standard InChI is InChI=1S/C21H24N2O2S/c1-14-11-18-20(26-14)12-19(21(24)22-13-17-9-6-10-25-17)23(18)15(2)16-7-4-3-5-8-16/h3-5,7-8,11-12,15,17H,6,9-10,13H2,1-2H3,(H,22,24)/t15-,17-/m0/s1. The summed E-state index contributed by atoms with van der Waals surface area (Å²) in [4.78, 5) is 14.2. The molecule has 4 nitrogen and oxygen atoms in total. The van der Waals surface area contributed by atoms with Gasteiger partial charge in [-0.05, 0) is 44.4 Å². The molecule has 3 aromatic rings. The highest BCUT2D eigenvalue weighted by Crippen LogP contribution is 2.33. The summed E-state index contributed by atoms with van der Waals surface area (Å²) in [6.45, 7) is 5.64. The number of ether oxygens (including phenoxy) is 1. The number of hydrogen-bond donors (Lipinski definition) is 1. The van der Waals surface area contributed by atoms with Gasteiger partial charge in [0, 0.05) is 18.0 Å². The van der Waals surface area contributed by atoms with Crippen LogP contribution in [-0.4, -0.2) is 29.7 Å². The second kappa shape index (κ2) is 7.25. The number of benzene rings is 1. The van der Waals surface area contributed by atoms with Crippen molar-refractivity contribution < 1.29 is 9.53 Å². The molecule has 136 valence electrons. The van der Waals surface area contributed by atoms with Crippen molar-refractivity contribution in [2.24, 2.45) is 0 Å². The molecule has 0 aliphatic carbocycles. The fraction of sp³-hybridized carbons (Fsp3) is 0.381. The Hall–Kier alpha value is -2.11. The van der Waals surface area contributed by atoms with Gasteiger partial charge in [-0.2, -0.15) is 0 Å². The summed E-state index contributed by atoms with van der Waals surface area (Å²) < 4.78 is 8.95. The third-order valence-corrected chi connectivity index (χ3v) is 6.05. The minimum atomic E-state index is -0.0238. The molecule has 1 aliphatic rings. The Morgan fingerprint density at radius 1 is 1.35 bits per heavy atom. The third-order valence-electron chi connectivity index (χ3n) is 5.07. The van der Waals surface area contributed by atoms with E-state index in [0.29, 0.717) is 6.54 Å². The molecule has 1 aliphatic heterocycles. The van der Waals surface area contributed by atoms with Crippen LogP contribution in [0.4, 0.5) is 0 Å². The lowest BCUT2D eigenvalue weighted by Gasteiger charge is -2.19. The average molecular weight is 369 g/mol. The molecule has 26 heavy (non-hydrogen) atoms. The molecule has 5 heteroatoms. The Labute approximate surface area is 157 Å². The number of rotatable bonds is 5. The van der Waals surface area contributed by atoms with E-state index in [9.17, 15) is 4.79 Å². The molecular weight excluding hydrogens is 344 g/mol. The maximum absolute atomic E-state index is 12.9. The van der Waals surface area contributed by atoms with Crippen molar-refractivity contribution in [1.82, 2.24) is 9.88 Å². The molecule has 3 heterocycles. The lowest BCUT2D eigenvalue weighted by molar-refractivity contribution is 0.0850. The second-order valence-corrected chi connectivity index (χ2v) is 8.23. The van der Waals surface area contributed by atoms with Gasteiger partial charge in [0.2, 0.25) is 0 Å². The highest BCUT2D eigenvalue weighted by Gasteiger charge is 2.23. The second-order valence-electron chi connectivity index (χ2n) is 6.94. The van der Waals surface area contributed by atoms with E-state index in [1.807, 2.05) is 24.3 Å². The van der Waals surface area contributed by atoms with E-state index in [4.69, 9.17) is 4.74 Å². The lowest BCUT2D eigenvalue weighted by atomic mass is 10.1. The molecule has 1 aromatic carbocycles. The number of nitrogens with zero attached hydrogens (tertiary/aromatic N) is 1. The van der Waals surface area contributed by atoms with Crippen molar-refractivity contribution >= 4 is 27.5 Å². The zero-order valence-corrected chi connectivity index (χ0v) is 16.0. The number of thiophene rings is 1. The minimum Gasteiger partial charge on any atom is -0.376 e. The van der Waals surface area contributed by atoms with E-state index in [1.165, 1.54) is 10.4 Å². The number of aryl methyl sites for hydroxylation is 1. The van der Waals surface area contributed by atoms with Crippen LogP contribution in [0, 0.1) is 6.92 Å². The first kappa shape index (κ1) is 17.3. The molecule has 4 rings (SSSR count). The van der Waals surface area contributed by atoms with Crippen molar-refractivity contribution in [1.29, 1.82) is 0 Å². The summed E-state index contributed by atoms with van der Waals surface area (Å²) in [5.41, 5.74) is 3.05. The molecular formula is C21H24N2O2S. The molecule has 2 atom stereocenters. The van der Waals surface area contributed by atoms with Crippen molar-refractivity contribution in [2.75, 3.05) is 13.2 Å². The van der Waals surface area contributed by atoms with E-state index in [-0.39, 0.29) is 18.1 Å². The molecule has 1 amide bonds. The molecule has 1 N–H and O–H groups in total. The van der Waals surface area contributed by atoms with Crippen LogP contribution in [-0.2, 0) is 4.74 Å². The van der Waals surface area contributed by atoms with Crippen LogP contribution in [0.5, 0.6) is 0 Å². The number of amides is 1. The number of hydrogen-bond acceptors (Lipinski definition) is 3. The van der Waals surface area contributed by atoms with E-state index in [1.54, 1.807) is 11.3 Å². The van der Waals surface area contributed by atoms with Gasteiger partial charge in [-0.25, -0.2) is 0 Å². The zero-order valence-electron chi connectivity index (χ0n) is 15.2. The first-order valence-corrected chi connectivity index (χ1v) is 10.0. The van der Waals surface area contributed by atoms with Gasteiger partial charge in [0.1, 0.15) is 5.69 Å². The number of aromatic nitrogens is 1. The Balaban J connectivity index is 1.67. The summed E-state index contributed by atoms with van der Waals surface area (Å²) in [7, 11) is 0. The first-order valence-electron chi connectivity index (χ1n) is 9.19. The van der Waals surface area contributed by atoms with Crippen molar-refractivity contribution in [3.05, 3.63) is 58.6 Å². The molecule has 0 bridgehead atoms. The number of carbonyl (C=O) groups excluding carboxylic acids is 1. The van der Waals surface area contributed by atoms with Gasteiger partial charge in [-0.1, -0.05) is 30.3 Å². The third kappa shape index (κ3) is 3.29. The van der Waals surface area contributed by atoms with Crippen molar-refractivity contribution in [2.45, 2.75) is 38.8 Å². The molecule has 0 unspecified atom stereocenters. The molecule has 1 saturated heterocycles. The fourth-order valence-corrected chi connectivity index (χ4v) is 4.66. The zero-order chi connectivity index (χ0) is 18.1. The summed E-state index contributed by atoms with van der Waals surface area (Å²) in [5.74, 6) is -0.0238. The lowest BCUT2D eigenvalue weighted by Crippen LogP contribution is -2.33. The Kier molecular flexibility index (Phi) is 4.83. The SMILES string of the molecule is Cc1cc2c(cc(C(=O)NC[C@@H]3CCCO3)n2[C@@H](C)c2ccccc2)s1. The smallest absolute Gasteiger partial charge is 0.268 e. The molecule has 0 saturated carbocycles. The maximum Gasteiger partial charge on any atom is 0.268 e. The quantitative estimate of drug-likeness (QED) is 0.719. The van der Waals surface area contributed by atoms with Gasteiger partial charge in [0.05, 0.1) is 22.4 Å². The highest BCUT2D eigenvalue weighted by molar-refractivity contribution is 7.19. The number of carbonyl (C=O) groups is 1. The van der Waals surface area contributed by atoms with Crippen molar-refractivity contribution in [3.63, 3.8) is 0 Å². The van der Waals surface area contributed by atoms with Crippen LogP contribution >= 0.6 is 11.3 Å². The monoisotopic (exact) mass is 368 g/mol.